The van der Waals surface area contributed by atoms with Crippen LogP contribution in [0, 0.1) is 12.7 Å². The number of aromatic nitrogens is 1. The topological polar surface area (TPSA) is 24.9 Å². The van der Waals surface area contributed by atoms with Crippen molar-refractivity contribution in [3.8, 4) is 0 Å². The van der Waals surface area contributed by atoms with Crippen LogP contribution in [0.1, 0.15) is 5.69 Å². The molecule has 0 unspecified atom stereocenters. The highest BCUT2D eigenvalue weighted by Crippen LogP contribution is 2.20. The number of pyridine rings is 1. The van der Waals surface area contributed by atoms with E-state index in [9.17, 15) is 4.39 Å². The molecule has 0 spiro atoms. The summed E-state index contributed by atoms with van der Waals surface area (Å²) < 4.78 is 13.0. The second-order valence-corrected chi connectivity index (χ2v) is 3.84. The zero-order valence-electron chi connectivity index (χ0n) is 8.67. The summed E-state index contributed by atoms with van der Waals surface area (Å²) in [5.41, 5.74) is 2.29. The smallest absolute Gasteiger partial charge is 0.131 e. The molecular formula is C12H10ClFN2. The number of hydrogen-bond donors (Lipinski definition) is 1. The molecule has 0 aliphatic rings. The van der Waals surface area contributed by atoms with Gasteiger partial charge in [0.15, 0.2) is 0 Å². The minimum absolute atomic E-state index is 0.276. The average Bonchev–Trinajstić information content (AvgIpc) is 2.15. The number of hydrogen-bond acceptors (Lipinski definition) is 2. The van der Waals surface area contributed by atoms with Gasteiger partial charge in [0.25, 0.3) is 0 Å². The molecule has 0 atom stereocenters. The molecule has 1 heterocycles. The highest BCUT2D eigenvalue weighted by atomic mass is 35.5. The van der Waals surface area contributed by atoms with Crippen molar-refractivity contribution < 1.29 is 4.39 Å². The maximum Gasteiger partial charge on any atom is 0.131 e. The lowest BCUT2D eigenvalue weighted by molar-refractivity contribution is 0.628. The monoisotopic (exact) mass is 236 g/mol. The van der Waals surface area contributed by atoms with Gasteiger partial charge in [0.2, 0.25) is 0 Å². The zero-order chi connectivity index (χ0) is 11.5. The van der Waals surface area contributed by atoms with Crippen molar-refractivity contribution in [1.29, 1.82) is 0 Å². The Morgan fingerprint density at radius 3 is 2.69 bits per heavy atom. The lowest BCUT2D eigenvalue weighted by Gasteiger charge is -2.07. The Morgan fingerprint density at radius 1 is 1.19 bits per heavy atom. The molecule has 1 N–H and O–H groups in total. The quantitative estimate of drug-likeness (QED) is 0.800. The predicted octanol–water partition coefficient (Wildman–Crippen LogP) is 3.93. The molecule has 2 nitrogen and oxygen atoms in total. The number of benzene rings is 1. The van der Waals surface area contributed by atoms with Gasteiger partial charge in [-0.25, -0.2) is 9.37 Å². The van der Waals surface area contributed by atoms with Gasteiger partial charge in [0.05, 0.1) is 0 Å². The van der Waals surface area contributed by atoms with Crippen LogP contribution in [0.15, 0.2) is 36.4 Å². The number of nitrogens with zero attached hydrogens (tertiary/aromatic N) is 1. The van der Waals surface area contributed by atoms with Crippen LogP contribution in [0.25, 0.3) is 0 Å². The van der Waals surface area contributed by atoms with Gasteiger partial charge in [-0.05, 0) is 37.3 Å². The molecule has 0 aliphatic carbocycles. The van der Waals surface area contributed by atoms with Gasteiger partial charge in [0.1, 0.15) is 11.0 Å². The molecule has 82 valence electrons. The van der Waals surface area contributed by atoms with Crippen molar-refractivity contribution in [2.75, 3.05) is 5.32 Å². The van der Waals surface area contributed by atoms with Crippen LogP contribution in [0.4, 0.5) is 15.8 Å². The van der Waals surface area contributed by atoms with Gasteiger partial charge in [0, 0.05) is 17.1 Å². The average molecular weight is 237 g/mol. The van der Waals surface area contributed by atoms with Crippen molar-refractivity contribution in [3.63, 3.8) is 0 Å². The maximum atomic E-state index is 13.0. The van der Waals surface area contributed by atoms with Crippen molar-refractivity contribution in [3.05, 3.63) is 53.1 Å². The van der Waals surface area contributed by atoms with E-state index in [2.05, 4.69) is 10.3 Å². The Kier molecular flexibility index (Phi) is 3.06. The van der Waals surface area contributed by atoms with Crippen LogP contribution in [0.5, 0.6) is 0 Å². The van der Waals surface area contributed by atoms with Crippen LogP contribution in [0.3, 0.4) is 0 Å². The molecule has 16 heavy (non-hydrogen) atoms. The van der Waals surface area contributed by atoms with E-state index >= 15 is 0 Å². The van der Waals surface area contributed by atoms with E-state index < -0.39 is 0 Å². The van der Waals surface area contributed by atoms with Crippen molar-refractivity contribution in [2.24, 2.45) is 0 Å². The fourth-order valence-corrected chi connectivity index (χ4v) is 1.68. The number of halogens is 2. The minimum Gasteiger partial charge on any atom is -0.355 e. The van der Waals surface area contributed by atoms with Gasteiger partial charge >= 0.3 is 0 Å². The largest absolute Gasteiger partial charge is 0.355 e. The van der Waals surface area contributed by atoms with Crippen LogP contribution in [-0.4, -0.2) is 4.98 Å². The fraction of sp³-hybridized carbons (Fsp3) is 0.0833. The molecule has 2 rings (SSSR count). The summed E-state index contributed by atoms with van der Waals surface area (Å²) in [5.74, 6) is -0.276. The molecule has 4 heteroatoms. The van der Waals surface area contributed by atoms with Crippen LogP contribution in [-0.2, 0) is 0 Å². The molecule has 0 saturated carbocycles. The van der Waals surface area contributed by atoms with Crippen LogP contribution < -0.4 is 5.32 Å². The highest BCUT2D eigenvalue weighted by molar-refractivity contribution is 6.29. The molecule has 0 fully saturated rings. The van der Waals surface area contributed by atoms with Crippen molar-refractivity contribution in [1.82, 2.24) is 4.98 Å². The predicted molar refractivity (Wildman–Crippen MR) is 63.7 cm³/mol. The van der Waals surface area contributed by atoms with E-state index in [0.29, 0.717) is 10.8 Å². The molecule has 0 aliphatic heterocycles. The highest BCUT2D eigenvalue weighted by Gasteiger charge is 1.99. The van der Waals surface area contributed by atoms with Gasteiger partial charge in [-0.1, -0.05) is 17.7 Å². The lowest BCUT2D eigenvalue weighted by atomic mass is 10.3. The Bertz CT molecular complexity index is 494. The Balaban J connectivity index is 2.27. The summed E-state index contributed by atoms with van der Waals surface area (Å²) >= 11 is 5.82. The number of anilines is 2. The van der Waals surface area contributed by atoms with Gasteiger partial charge < -0.3 is 5.32 Å². The van der Waals surface area contributed by atoms with Crippen LogP contribution >= 0.6 is 11.6 Å². The second-order valence-electron chi connectivity index (χ2n) is 3.46. The van der Waals surface area contributed by atoms with Gasteiger partial charge in [-0.2, -0.15) is 0 Å². The molecular weight excluding hydrogens is 227 g/mol. The summed E-state index contributed by atoms with van der Waals surface area (Å²) in [6.07, 6.45) is 0. The maximum absolute atomic E-state index is 13.0. The molecule has 1 aromatic carbocycles. The van der Waals surface area contributed by atoms with E-state index in [1.54, 1.807) is 18.2 Å². The Labute approximate surface area is 98.1 Å². The Morgan fingerprint density at radius 2 is 2.00 bits per heavy atom. The van der Waals surface area contributed by atoms with Crippen molar-refractivity contribution in [2.45, 2.75) is 6.92 Å². The third-order valence-corrected chi connectivity index (χ3v) is 2.23. The summed E-state index contributed by atoms with van der Waals surface area (Å²) in [6, 6.07) is 9.79. The van der Waals surface area contributed by atoms with E-state index in [1.807, 2.05) is 13.0 Å². The summed E-state index contributed by atoms with van der Waals surface area (Å²) in [6.45, 7) is 1.85. The van der Waals surface area contributed by atoms with E-state index in [-0.39, 0.29) is 5.82 Å². The first-order valence-corrected chi connectivity index (χ1v) is 5.18. The van der Waals surface area contributed by atoms with E-state index in [1.165, 1.54) is 12.1 Å². The summed E-state index contributed by atoms with van der Waals surface area (Å²) in [5, 5.41) is 3.48. The van der Waals surface area contributed by atoms with E-state index in [0.717, 1.165) is 11.4 Å². The molecule has 0 saturated heterocycles. The number of aryl methyl sites for hydroxylation is 1. The van der Waals surface area contributed by atoms with Gasteiger partial charge in [-0.15, -0.1) is 0 Å². The minimum atomic E-state index is -0.276. The third kappa shape index (κ3) is 2.70. The van der Waals surface area contributed by atoms with E-state index in [4.69, 9.17) is 11.6 Å². The van der Waals surface area contributed by atoms with Crippen LogP contribution in [0.2, 0.25) is 5.15 Å². The molecule has 1 aromatic heterocycles. The van der Waals surface area contributed by atoms with Gasteiger partial charge in [-0.3, -0.25) is 0 Å². The molecule has 0 amide bonds. The molecule has 0 bridgehead atoms. The SMILES string of the molecule is Cc1cc(Nc2cccc(F)c2)cc(Cl)n1. The fourth-order valence-electron chi connectivity index (χ4n) is 1.43. The third-order valence-electron chi connectivity index (χ3n) is 2.04. The molecule has 0 radical (unpaired) electrons. The van der Waals surface area contributed by atoms with Crippen molar-refractivity contribution >= 4 is 23.0 Å². The number of rotatable bonds is 2. The first-order chi connectivity index (χ1) is 7.63. The lowest BCUT2D eigenvalue weighted by Crippen LogP contribution is -1.93. The molecule has 2 aromatic rings. The second kappa shape index (κ2) is 4.49. The summed E-state index contributed by atoms with van der Waals surface area (Å²) in [4.78, 5) is 4.04. The first-order valence-electron chi connectivity index (χ1n) is 4.80. The number of nitrogens with one attached hydrogen (secondary N) is 1. The standard InChI is InChI=1S/C12H10ClFN2/c1-8-5-11(7-12(13)15-8)16-10-4-2-3-9(14)6-10/h2-7H,1H3,(H,15,16). The Hall–Kier alpha value is -1.61. The first kappa shape index (κ1) is 10.9. The normalized spacial score (nSPS) is 10.2. The summed E-state index contributed by atoms with van der Waals surface area (Å²) in [7, 11) is 0. The zero-order valence-corrected chi connectivity index (χ0v) is 9.42.